The summed E-state index contributed by atoms with van der Waals surface area (Å²) in [6, 6.07) is 9.68. The monoisotopic (exact) mass is 403 g/mol. The van der Waals surface area contributed by atoms with Gasteiger partial charge in [0, 0.05) is 10.2 Å². The third-order valence-electron chi connectivity index (χ3n) is 4.05. The minimum absolute atomic E-state index is 0.157. The number of aryl methyl sites for hydroxylation is 3. The van der Waals surface area contributed by atoms with Gasteiger partial charge in [0.2, 0.25) is 0 Å². The van der Waals surface area contributed by atoms with E-state index < -0.39 is 0 Å². The molecule has 2 rings (SSSR count). The molecule has 0 radical (unpaired) electrons. The predicted molar refractivity (Wildman–Crippen MR) is 108 cm³/mol. The smallest absolute Gasteiger partial charge is 0.259 e. The van der Waals surface area contributed by atoms with E-state index in [1.165, 1.54) is 5.56 Å². The average Bonchev–Trinajstić information content (AvgIpc) is 2.51. The summed E-state index contributed by atoms with van der Waals surface area (Å²) in [6.45, 7) is 11.0. The SMILES string of the molecule is Cc1cc(C)c(NC(=O)c2cc(Br)ccc2OCCC(C)C)c(C)c1. The van der Waals surface area contributed by atoms with Crippen molar-refractivity contribution in [3.63, 3.8) is 0 Å². The van der Waals surface area contributed by atoms with E-state index in [4.69, 9.17) is 4.74 Å². The molecular weight excluding hydrogens is 378 g/mol. The summed E-state index contributed by atoms with van der Waals surface area (Å²) in [5, 5.41) is 3.05. The van der Waals surface area contributed by atoms with Crippen LogP contribution in [-0.4, -0.2) is 12.5 Å². The number of rotatable bonds is 6. The molecular formula is C21H26BrNO2. The Kier molecular flexibility index (Phi) is 6.65. The third-order valence-corrected chi connectivity index (χ3v) is 4.55. The van der Waals surface area contributed by atoms with Crippen LogP contribution >= 0.6 is 15.9 Å². The van der Waals surface area contributed by atoms with Crippen molar-refractivity contribution in [1.82, 2.24) is 0 Å². The van der Waals surface area contributed by atoms with Crippen LogP contribution in [0.25, 0.3) is 0 Å². The van der Waals surface area contributed by atoms with Crippen LogP contribution < -0.4 is 10.1 Å². The number of benzene rings is 2. The number of ether oxygens (including phenoxy) is 1. The van der Waals surface area contributed by atoms with E-state index in [1.54, 1.807) is 6.07 Å². The quantitative estimate of drug-likeness (QED) is 0.636. The molecule has 0 atom stereocenters. The lowest BCUT2D eigenvalue weighted by atomic mass is 10.0. The van der Waals surface area contributed by atoms with Gasteiger partial charge >= 0.3 is 0 Å². The van der Waals surface area contributed by atoms with Crippen LogP contribution in [-0.2, 0) is 0 Å². The number of carbonyl (C=O) groups excluding carboxylic acids is 1. The topological polar surface area (TPSA) is 38.3 Å². The lowest BCUT2D eigenvalue weighted by Crippen LogP contribution is -2.16. The molecule has 0 spiro atoms. The van der Waals surface area contributed by atoms with Gasteiger partial charge in [-0.1, -0.05) is 47.5 Å². The Bertz CT molecular complexity index is 745. The second-order valence-electron chi connectivity index (χ2n) is 6.90. The molecule has 3 nitrogen and oxygen atoms in total. The molecule has 0 aliphatic heterocycles. The normalized spacial score (nSPS) is 10.8. The number of hydrogen-bond acceptors (Lipinski definition) is 2. The molecule has 0 saturated heterocycles. The molecule has 0 heterocycles. The minimum Gasteiger partial charge on any atom is -0.493 e. The van der Waals surface area contributed by atoms with Crippen molar-refractivity contribution in [1.29, 1.82) is 0 Å². The second-order valence-corrected chi connectivity index (χ2v) is 7.81. The van der Waals surface area contributed by atoms with Crippen LogP contribution in [0.1, 0.15) is 47.3 Å². The maximum absolute atomic E-state index is 12.9. The molecule has 0 unspecified atom stereocenters. The molecule has 2 aromatic rings. The van der Waals surface area contributed by atoms with Gasteiger partial charge in [-0.15, -0.1) is 0 Å². The molecule has 0 bridgehead atoms. The van der Waals surface area contributed by atoms with Crippen molar-refractivity contribution in [3.05, 3.63) is 57.1 Å². The Balaban J connectivity index is 2.25. The zero-order valence-corrected chi connectivity index (χ0v) is 17.2. The third kappa shape index (κ3) is 5.33. The molecule has 0 aliphatic carbocycles. The Hall–Kier alpha value is -1.81. The summed E-state index contributed by atoms with van der Waals surface area (Å²) in [6.07, 6.45) is 0.952. The standard InChI is InChI=1S/C21H26BrNO2/c1-13(2)8-9-25-19-7-6-17(22)12-18(19)21(24)23-20-15(4)10-14(3)11-16(20)5/h6-7,10-13H,8-9H2,1-5H3,(H,23,24). The number of nitrogens with one attached hydrogen (secondary N) is 1. The summed E-state index contributed by atoms with van der Waals surface area (Å²) in [5.41, 5.74) is 4.71. The van der Waals surface area contributed by atoms with Crippen molar-refractivity contribution >= 4 is 27.5 Å². The van der Waals surface area contributed by atoms with E-state index in [2.05, 4.69) is 54.2 Å². The van der Waals surface area contributed by atoms with Gasteiger partial charge in [-0.3, -0.25) is 4.79 Å². The van der Waals surface area contributed by atoms with Gasteiger partial charge in [0.05, 0.1) is 12.2 Å². The molecule has 1 N–H and O–H groups in total. The first kappa shape index (κ1) is 19.5. The lowest BCUT2D eigenvalue weighted by Gasteiger charge is -2.16. The first-order valence-electron chi connectivity index (χ1n) is 8.59. The van der Waals surface area contributed by atoms with Gasteiger partial charge in [0.25, 0.3) is 5.91 Å². The van der Waals surface area contributed by atoms with E-state index in [0.717, 1.165) is 27.7 Å². The van der Waals surface area contributed by atoms with Crippen molar-refractivity contribution < 1.29 is 9.53 Å². The first-order valence-corrected chi connectivity index (χ1v) is 9.38. The Morgan fingerprint density at radius 1 is 1.12 bits per heavy atom. The summed E-state index contributed by atoms with van der Waals surface area (Å²) < 4.78 is 6.71. The highest BCUT2D eigenvalue weighted by atomic mass is 79.9. The van der Waals surface area contributed by atoms with Crippen molar-refractivity contribution in [2.24, 2.45) is 5.92 Å². The highest BCUT2D eigenvalue weighted by molar-refractivity contribution is 9.10. The predicted octanol–water partition coefficient (Wildman–Crippen LogP) is 6.05. The van der Waals surface area contributed by atoms with Gasteiger partial charge in [-0.2, -0.15) is 0 Å². The van der Waals surface area contributed by atoms with Crippen LogP contribution in [0, 0.1) is 26.7 Å². The highest BCUT2D eigenvalue weighted by Crippen LogP contribution is 2.27. The Labute approximate surface area is 158 Å². The molecule has 0 aliphatic rings. The van der Waals surface area contributed by atoms with Gasteiger partial charge in [0.15, 0.2) is 0 Å². The maximum atomic E-state index is 12.9. The number of anilines is 1. The minimum atomic E-state index is -0.157. The molecule has 0 aromatic heterocycles. The number of amides is 1. The second kappa shape index (κ2) is 8.52. The molecule has 0 saturated carbocycles. The molecule has 25 heavy (non-hydrogen) atoms. The number of halogens is 1. The lowest BCUT2D eigenvalue weighted by molar-refractivity contribution is 0.102. The molecule has 4 heteroatoms. The van der Waals surface area contributed by atoms with Crippen LogP contribution in [0.5, 0.6) is 5.75 Å². The van der Waals surface area contributed by atoms with Gasteiger partial charge in [0.1, 0.15) is 5.75 Å². The Morgan fingerprint density at radius 2 is 1.76 bits per heavy atom. The number of hydrogen-bond donors (Lipinski definition) is 1. The van der Waals surface area contributed by atoms with Crippen LogP contribution in [0.3, 0.4) is 0 Å². The first-order chi connectivity index (χ1) is 11.8. The van der Waals surface area contributed by atoms with E-state index in [0.29, 0.717) is 23.8 Å². The largest absolute Gasteiger partial charge is 0.493 e. The summed E-state index contributed by atoms with van der Waals surface area (Å²) in [7, 11) is 0. The molecule has 1 amide bonds. The van der Waals surface area contributed by atoms with Crippen molar-refractivity contribution in [3.8, 4) is 5.75 Å². The summed E-state index contributed by atoms with van der Waals surface area (Å²) in [4.78, 5) is 12.9. The number of carbonyl (C=O) groups is 1. The van der Waals surface area contributed by atoms with Crippen LogP contribution in [0.4, 0.5) is 5.69 Å². The van der Waals surface area contributed by atoms with E-state index in [9.17, 15) is 4.79 Å². The van der Waals surface area contributed by atoms with E-state index >= 15 is 0 Å². The van der Waals surface area contributed by atoms with Crippen molar-refractivity contribution in [2.75, 3.05) is 11.9 Å². The summed E-state index contributed by atoms with van der Waals surface area (Å²) in [5.74, 6) is 1.02. The molecule has 0 fully saturated rings. The van der Waals surface area contributed by atoms with Crippen molar-refractivity contribution in [2.45, 2.75) is 41.0 Å². The van der Waals surface area contributed by atoms with E-state index in [-0.39, 0.29) is 5.91 Å². The summed E-state index contributed by atoms with van der Waals surface area (Å²) >= 11 is 3.44. The van der Waals surface area contributed by atoms with Gasteiger partial charge in [-0.05, 0) is 62.4 Å². The highest BCUT2D eigenvalue weighted by Gasteiger charge is 2.16. The average molecular weight is 404 g/mol. The fraction of sp³-hybridized carbons (Fsp3) is 0.381. The van der Waals surface area contributed by atoms with E-state index in [1.807, 2.05) is 26.0 Å². The van der Waals surface area contributed by atoms with Gasteiger partial charge in [-0.25, -0.2) is 0 Å². The molecule has 2 aromatic carbocycles. The fourth-order valence-electron chi connectivity index (χ4n) is 2.77. The maximum Gasteiger partial charge on any atom is 0.259 e. The Morgan fingerprint density at radius 3 is 2.36 bits per heavy atom. The van der Waals surface area contributed by atoms with Crippen LogP contribution in [0.2, 0.25) is 0 Å². The van der Waals surface area contributed by atoms with Gasteiger partial charge < -0.3 is 10.1 Å². The fourth-order valence-corrected chi connectivity index (χ4v) is 3.13. The zero-order valence-electron chi connectivity index (χ0n) is 15.6. The molecule has 134 valence electrons. The van der Waals surface area contributed by atoms with Crippen LogP contribution in [0.15, 0.2) is 34.8 Å². The zero-order chi connectivity index (χ0) is 18.6.